The third-order valence-corrected chi connectivity index (χ3v) is 2.99. The second-order valence-corrected chi connectivity index (χ2v) is 4.10. The lowest BCUT2D eigenvalue weighted by molar-refractivity contribution is 0.0595. The Kier molecular flexibility index (Phi) is 3.06. The number of fused-ring (bicyclic) bond motifs is 1. The summed E-state index contributed by atoms with van der Waals surface area (Å²) in [5.74, 6) is -0.486. The van der Waals surface area contributed by atoms with Gasteiger partial charge in [0.25, 0.3) is 0 Å². The van der Waals surface area contributed by atoms with Crippen LogP contribution in [-0.2, 0) is 4.74 Å². The van der Waals surface area contributed by atoms with E-state index in [1.54, 1.807) is 0 Å². The summed E-state index contributed by atoms with van der Waals surface area (Å²) in [6.45, 7) is 3.88. The van der Waals surface area contributed by atoms with Gasteiger partial charge in [0.15, 0.2) is 0 Å². The Balaban J connectivity index is 2.88. The van der Waals surface area contributed by atoms with E-state index in [4.69, 9.17) is 9.94 Å². The van der Waals surface area contributed by atoms with Crippen molar-refractivity contribution in [2.45, 2.75) is 13.8 Å². The summed E-state index contributed by atoms with van der Waals surface area (Å²) in [7, 11) is 1.31. The van der Waals surface area contributed by atoms with Crippen molar-refractivity contribution in [3.63, 3.8) is 0 Å². The van der Waals surface area contributed by atoms with E-state index in [-0.39, 0.29) is 0 Å². The number of benzene rings is 1. The van der Waals surface area contributed by atoms with Crippen LogP contribution in [0, 0.1) is 13.8 Å². The second kappa shape index (κ2) is 4.52. The molecule has 0 aliphatic carbocycles. The summed E-state index contributed by atoms with van der Waals surface area (Å²) in [5.41, 5.74) is 3.70. The topological polar surface area (TPSA) is 74.7 Å². The Morgan fingerprint density at radius 3 is 2.67 bits per heavy atom. The largest absolute Gasteiger partial charge is 0.464 e. The number of ether oxygens (including phenoxy) is 1. The van der Waals surface area contributed by atoms with Crippen molar-refractivity contribution < 1.29 is 14.7 Å². The normalized spacial score (nSPS) is 11.3. The van der Waals surface area contributed by atoms with Gasteiger partial charge in [-0.2, -0.15) is 0 Å². The second-order valence-electron chi connectivity index (χ2n) is 4.10. The number of hydrogen-bond donors (Lipinski definition) is 2. The summed E-state index contributed by atoms with van der Waals surface area (Å²) in [5, 5.41) is 12.6. The number of carbonyl (C=O) groups is 1. The lowest BCUT2D eigenvalue weighted by Crippen LogP contribution is -2.04. The predicted molar refractivity (Wildman–Crippen MR) is 68.5 cm³/mol. The SMILES string of the molecule is COC(=O)c1[nH]c2c(C)ccc(C)c2c1C=NO. The van der Waals surface area contributed by atoms with Crippen LogP contribution in [0.15, 0.2) is 17.3 Å². The molecule has 0 amide bonds. The fourth-order valence-electron chi connectivity index (χ4n) is 2.09. The number of aromatic amines is 1. The van der Waals surface area contributed by atoms with Gasteiger partial charge in [-0.15, -0.1) is 0 Å². The maximum atomic E-state index is 11.7. The van der Waals surface area contributed by atoms with Gasteiger partial charge in [-0.25, -0.2) is 4.79 Å². The van der Waals surface area contributed by atoms with Crippen molar-refractivity contribution >= 4 is 23.1 Å². The molecule has 0 aliphatic heterocycles. The third kappa shape index (κ3) is 1.73. The molecule has 2 N–H and O–H groups in total. The number of aromatic nitrogens is 1. The first kappa shape index (κ1) is 12.2. The Morgan fingerprint density at radius 1 is 1.39 bits per heavy atom. The standard InChI is InChI=1S/C13H14N2O3/c1-7-4-5-8(2)11-10(7)9(6-14-17)12(15-11)13(16)18-3/h4-6,15,17H,1-3H3. The quantitative estimate of drug-likeness (QED) is 0.370. The van der Waals surface area contributed by atoms with Crippen molar-refractivity contribution in [2.24, 2.45) is 5.16 Å². The van der Waals surface area contributed by atoms with E-state index >= 15 is 0 Å². The number of H-pyrrole nitrogens is 1. The van der Waals surface area contributed by atoms with Gasteiger partial charge < -0.3 is 14.9 Å². The van der Waals surface area contributed by atoms with E-state index in [1.807, 2.05) is 26.0 Å². The number of rotatable bonds is 2. The summed E-state index contributed by atoms with van der Waals surface area (Å²) in [6.07, 6.45) is 1.25. The van der Waals surface area contributed by atoms with Crippen LogP contribution >= 0.6 is 0 Å². The minimum atomic E-state index is -0.486. The molecule has 18 heavy (non-hydrogen) atoms. The van der Waals surface area contributed by atoms with Crippen LogP contribution in [-0.4, -0.2) is 29.5 Å². The van der Waals surface area contributed by atoms with Gasteiger partial charge in [0, 0.05) is 16.5 Å². The monoisotopic (exact) mass is 246 g/mol. The van der Waals surface area contributed by atoms with Gasteiger partial charge in [0.05, 0.1) is 13.3 Å². The zero-order valence-electron chi connectivity index (χ0n) is 10.4. The average molecular weight is 246 g/mol. The van der Waals surface area contributed by atoms with Crippen LogP contribution in [0.3, 0.4) is 0 Å². The highest BCUT2D eigenvalue weighted by atomic mass is 16.5. The fraction of sp³-hybridized carbons (Fsp3) is 0.231. The first-order valence-corrected chi connectivity index (χ1v) is 5.47. The first-order valence-electron chi connectivity index (χ1n) is 5.47. The molecule has 0 aliphatic rings. The highest BCUT2D eigenvalue weighted by Crippen LogP contribution is 2.27. The third-order valence-electron chi connectivity index (χ3n) is 2.99. The van der Waals surface area contributed by atoms with E-state index in [0.29, 0.717) is 11.3 Å². The molecule has 5 heteroatoms. The Labute approximate surface area is 104 Å². The maximum Gasteiger partial charge on any atom is 0.355 e. The zero-order chi connectivity index (χ0) is 13.3. The fourth-order valence-corrected chi connectivity index (χ4v) is 2.09. The molecular weight excluding hydrogens is 232 g/mol. The lowest BCUT2D eigenvalue weighted by Gasteiger charge is -2.00. The highest BCUT2D eigenvalue weighted by molar-refractivity contribution is 6.10. The molecule has 0 saturated heterocycles. The summed E-state index contributed by atoms with van der Waals surface area (Å²) in [4.78, 5) is 14.7. The van der Waals surface area contributed by atoms with Gasteiger partial charge in [-0.1, -0.05) is 17.3 Å². The van der Waals surface area contributed by atoms with E-state index in [0.717, 1.165) is 22.0 Å². The van der Waals surface area contributed by atoms with Crippen molar-refractivity contribution in [2.75, 3.05) is 7.11 Å². The molecular formula is C13H14N2O3. The molecule has 2 aromatic rings. The molecule has 5 nitrogen and oxygen atoms in total. The van der Waals surface area contributed by atoms with Crippen LogP contribution in [0.1, 0.15) is 27.2 Å². The van der Waals surface area contributed by atoms with Gasteiger partial charge in [0.2, 0.25) is 0 Å². The maximum absolute atomic E-state index is 11.7. The number of nitrogens with zero attached hydrogens (tertiary/aromatic N) is 1. The molecule has 0 saturated carbocycles. The molecule has 0 fully saturated rings. The van der Waals surface area contributed by atoms with E-state index < -0.39 is 5.97 Å². The van der Waals surface area contributed by atoms with Crippen molar-refractivity contribution in [3.8, 4) is 0 Å². The highest BCUT2D eigenvalue weighted by Gasteiger charge is 2.19. The molecule has 1 aromatic carbocycles. The molecule has 94 valence electrons. The van der Waals surface area contributed by atoms with Crippen LogP contribution in [0.2, 0.25) is 0 Å². The summed E-state index contributed by atoms with van der Waals surface area (Å²) in [6, 6.07) is 3.93. The molecule has 1 aromatic heterocycles. The van der Waals surface area contributed by atoms with Gasteiger partial charge in [-0.05, 0) is 25.0 Å². The molecule has 2 rings (SSSR count). The summed E-state index contributed by atoms with van der Waals surface area (Å²) >= 11 is 0. The minimum absolute atomic E-state index is 0.294. The molecule has 0 unspecified atom stereocenters. The van der Waals surface area contributed by atoms with E-state index in [1.165, 1.54) is 13.3 Å². The van der Waals surface area contributed by atoms with Crippen molar-refractivity contribution in [1.82, 2.24) is 4.98 Å². The van der Waals surface area contributed by atoms with Crippen LogP contribution < -0.4 is 0 Å². The zero-order valence-corrected chi connectivity index (χ0v) is 10.4. The number of aryl methyl sites for hydroxylation is 2. The number of methoxy groups -OCH3 is 1. The number of oxime groups is 1. The molecule has 1 heterocycles. The van der Waals surface area contributed by atoms with Gasteiger partial charge >= 0.3 is 5.97 Å². The summed E-state index contributed by atoms with van der Waals surface area (Å²) < 4.78 is 4.72. The van der Waals surface area contributed by atoms with E-state index in [9.17, 15) is 4.79 Å². The lowest BCUT2D eigenvalue weighted by atomic mass is 10.0. The molecule has 0 bridgehead atoms. The molecule has 0 spiro atoms. The Hall–Kier alpha value is -2.30. The van der Waals surface area contributed by atoms with Crippen LogP contribution in [0.5, 0.6) is 0 Å². The van der Waals surface area contributed by atoms with Gasteiger partial charge in [0.1, 0.15) is 5.69 Å². The van der Waals surface area contributed by atoms with Crippen molar-refractivity contribution in [3.05, 3.63) is 34.5 Å². The van der Waals surface area contributed by atoms with Crippen molar-refractivity contribution in [1.29, 1.82) is 0 Å². The smallest absolute Gasteiger partial charge is 0.355 e. The minimum Gasteiger partial charge on any atom is -0.464 e. The first-order chi connectivity index (χ1) is 8.60. The number of hydrogen-bond acceptors (Lipinski definition) is 4. The predicted octanol–water partition coefficient (Wildman–Crippen LogP) is 2.38. The van der Waals surface area contributed by atoms with Crippen LogP contribution in [0.25, 0.3) is 10.9 Å². The van der Waals surface area contributed by atoms with Gasteiger partial charge in [-0.3, -0.25) is 0 Å². The number of nitrogens with one attached hydrogen (secondary N) is 1. The van der Waals surface area contributed by atoms with E-state index in [2.05, 4.69) is 10.1 Å². The Bertz CT molecular complexity index is 641. The number of esters is 1. The van der Waals surface area contributed by atoms with Crippen LogP contribution in [0.4, 0.5) is 0 Å². The average Bonchev–Trinajstić information content (AvgIpc) is 2.74. The molecule has 0 atom stereocenters. The Morgan fingerprint density at radius 2 is 2.06 bits per heavy atom. The molecule has 0 radical (unpaired) electrons. The number of carbonyl (C=O) groups excluding carboxylic acids is 1.